The Hall–Kier alpha value is -2.03. The second-order valence-corrected chi connectivity index (χ2v) is 6.21. The van der Waals surface area contributed by atoms with E-state index in [0.29, 0.717) is 0 Å². The molecule has 0 spiro atoms. The molecular weight excluding hydrogens is 288 g/mol. The Morgan fingerprint density at radius 2 is 1.23 bits per heavy atom. The number of aliphatic hydroxyl groups is 1. The van der Waals surface area contributed by atoms with Crippen LogP contribution in [-0.4, -0.2) is 5.11 Å². The predicted octanol–water partition coefficient (Wildman–Crippen LogP) is 5.06. The summed E-state index contributed by atoms with van der Waals surface area (Å²) in [5.74, 6) is 0.960. The molecule has 1 unspecified atom stereocenters. The largest absolute Gasteiger partial charge is 0.384 e. The van der Waals surface area contributed by atoms with Crippen LogP contribution in [0.5, 0.6) is 0 Å². The first-order valence-electron chi connectivity index (χ1n) is 7.32. The molecule has 1 atom stereocenters. The van der Waals surface area contributed by atoms with E-state index in [-0.39, 0.29) is 0 Å². The van der Waals surface area contributed by atoms with Crippen LogP contribution in [0.2, 0.25) is 0 Å². The summed E-state index contributed by atoms with van der Waals surface area (Å²) in [6.07, 6.45) is -0.561. The zero-order valence-corrected chi connectivity index (χ0v) is 13.0. The Kier molecular flexibility index (Phi) is 4.94. The van der Waals surface area contributed by atoms with Gasteiger partial charge < -0.3 is 5.11 Å². The molecule has 0 amide bonds. The third kappa shape index (κ3) is 3.79. The molecule has 3 rings (SSSR count). The lowest BCUT2D eigenvalue weighted by atomic mass is 10.0. The van der Waals surface area contributed by atoms with Crippen molar-refractivity contribution in [3.05, 3.63) is 102 Å². The molecule has 0 bridgehead atoms. The Morgan fingerprint density at radius 3 is 1.86 bits per heavy atom. The van der Waals surface area contributed by atoms with E-state index in [1.807, 2.05) is 60.3 Å². The van der Waals surface area contributed by atoms with E-state index in [9.17, 15) is 5.11 Å². The molecule has 0 aromatic heterocycles. The van der Waals surface area contributed by atoms with Crippen molar-refractivity contribution in [3.8, 4) is 0 Å². The highest BCUT2D eigenvalue weighted by Crippen LogP contribution is 2.26. The van der Waals surface area contributed by atoms with Gasteiger partial charge in [-0.25, -0.2) is 0 Å². The molecule has 0 aliphatic carbocycles. The quantitative estimate of drug-likeness (QED) is 0.665. The summed E-state index contributed by atoms with van der Waals surface area (Å²) < 4.78 is 0. The van der Waals surface area contributed by atoms with Crippen molar-refractivity contribution in [1.29, 1.82) is 0 Å². The first kappa shape index (κ1) is 14.9. The molecule has 1 nitrogen and oxygen atoms in total. The lowest BCUT2D eigenvalue weighted by Gasteiger charge is -2.12. The molecular formula is C20H18OS. The molecule has 0 aliphatic heterocycles. The van der Waals surface area contributed by atoms with Crippen molar-refractivity contribution in [2.75, 3.05) is 0 Å². The van der Waals surface area contributed by atoms with Crippen molar-refractivity contribution in [1.82, 2.24) is 0 Å². The molecule has 0 saturated heterocycles. The lowest BCUT2D eigenvalue weighted by Crippen LogP contribution is -1.98. The fourth-order valence-electron chi connectivity index (χ4n) is 2.32. The van der Waals surface area contributed by atoms with Crippen molar-refractivity contribution in [2.24, 2.45) is 0 Å². The maximum atomic E-state index is 10.4. The topological polar surface area (TPSA) is 20.2 Å². The molecule has 3 aromatic carbocycles. The van der Waals surface area contributed by atoms with Crippen LogP contribution < -0.4 is 0 Å². The van der Waals surface area contributed by atoms with E-state index in [4.69, 9.17) is 0 Å². The highest BCUT2D eigenvalue weighted by Gasteiger charge is 2.09. The fraction of sp³-hybridized carbons (Fsp3) is 0.100. The summed E-state index contributed by atoms with van der Waals surface area (Å²) >= 11 is 1.81. The van der Waals surface area contributed by atoms with E-state index < -0.39 is 6.10 Å². The number of rotatable bonds is 5. The third-order valence-corrected chi connectivity index (χ3v) is 4.64. The SMILES string of the molecule is OC(c1ccccc1)c1ccc(SCc2ccccc2)cc1. The van der Waals surface area contributed by atoms with Crippen LogP contribution >= 0.6 is 11.8 Å². The summed E-state index contributed by atoms with van der Waals surface area (Å²) in [7, 11) is 0. The zero-order chi connectivity index (χ0) is 15.2. The summed E-state index contributed by atoms with van der Waals surface area (Å²) in [6, 6.07) is 28.4. The van der Waals surface area contributed by atoms with E-state index in [2.05, 4.69) is 36.4 Å². The van der Waals surface area contributed by atoms with E-state index in [1.54, 1.807) is 0 Å². The van der Waals surface area contributed by atoms with E-state index >= 15 is 0 Å². The van der Waals surface area contributed by atoms with Crippen molar-refractivity contribution < 1.29 is 5.11 Å². The molecule has 3 aromatic rings. The molecule has 1 N–H and O–H groups in total. The van der Waals surface area contributed by atoms with Crippen LogP contribution in [-0.2, 0) is 5.75 Å². The minimum atomic E-state index is -0.561. The summed E-state index contributed by atoms with van der Waals surface area (Å²) in [5, 5.41) is 10.4. The minimum absolute atomic E-state index is 0.561. The van der Waals surface area contributed by atoms with Crippen LogP contribution in [0.4, 0.5) is 0 Å². The molecule has 0 heterocycles. The molecule has 0 radical (unpaired) electrons. The van der Waals surface area contributed by atoms with Crippen LogP contribution in [0.1, 0.15) is 22.8 Å². The summed E-state index contributed by atoms with van der Waals surface area (Å²) in [4.78, 5) is 1.22. The first-order valence-corrected chi connectivity index (χ1v) is 8.31. The van der Waals surface area contributed by atoms with Crippen LogP contribution in [0.25, 0.3) is 0 Å². The smallest absolute Gasteiger partial charge is 0.104 e. The Labute approximate surface area is 135 Å². The molecule has 0 saturated carbocycles. The van der Waals surface area contributed by atoms with Gasteiger partial charge in [-0.15, -0.1) is 11.8 Å². The monoisotopic (exact) mass is 306 g/mol. The zero-order valence-electron chi connectivity index (χ0n) is 12.2. The highest BCUT2D eigenvalue weighted by molar-refractivity contribution is 7.98. The van der Waals surface area contributed by atoms with Gasteiger partial charge in [0.2, 0.25) is 0 Å². The predicted molar refractivity (Wildman–Crippen MR) is 92.9 cm³/mol. The minimum Gasteiger partial charge on any atom is -0.384 e. The van der Waals surface area contributed by atoms with Gasteiger partial charge in [-0.2, -0.15) is 0 Å². The van der Waals surface area contributed by atoms with Gasteiger partial charge in [-0.3, -0.25) is 0 Å². The molecule has 0 fully saturated rings. The maximum Gasteiger partial charge on any atom is 0.104 e. The van der Waals surface area contributed by atoms with Gasteiger partial charge in [0.15, 0.2) is 0 Å². The van der Waals surface area contributed by atoms with Crippen LogP contribution in [0, 0.1) is 0 Å². The molecule has 2 heteroatoms. The Bertz CT molecular complexity index is 693. The first-order chi connectivity index (χ1) is 10.8. The van der Waals surface area contributed by atoms with Crippen molar-refractivity contribution >= 4 is 11.8 Å². The maximum absolute atomic E-state index is 10.4. The van der Waals surface area contributed by atoms with Gasteiger partial charge in [-0.05, 0) is 28.8 Å². The number of hydrogen-bond donors (Lipinski definition) is 1. The van der Waals surface area contributed by atoms with Gasteiger partial charge >= 0.3 is 0 Å². The van der Waals surface area contributed by atoms with Gasteiger partial charge in [-0.1, -0.05) is 72.8 Å². The standard InChI is InChI=1S/C20H18OS/c21-20(17-9-5-2-6-10-17)18-11-13-19(14-12-18)22-15-16-7-3-1-4-8-16/h1-14,20-21H,15H2. The summed E-state index contributed by atoms with van der Waals surface area (Å²) in [6.45, 7) is 0. The normalized spacial score (nSPS) is 12.0. The average Bonchev–Trinajstić information content (AvgIpc) is 2.61. The summed E-state index contributed by atoms with van der Waals surface area (Å²) in [5.41, 5.74) is 3.17. The highest BCUT2D eigenvalue weighted by atomic mass is 32.2. The van der Waals surface area contributed by atoms with Crippen molar-refractivity contribution in [3.63, 3.8) is 0 Å². The Balaban J connectivity index is 1.65. The van der Waals surface area contributed by atoms with Gasteiger partial charge in [0, 0.05) is 10.6 Å². The van der Waals surface area contributed by atoms with Crippen molar-refractivity contribution in [2.45, 2.75) is 16.8 Å². The van der Waals surface area contributed by atoms with Gasteiger partial charge in [0.1, 0.15) is 6.10 Å². The second kappa shape index (κ2) is 7.30. The van der Waals surface area contributed by atoms with Gasteiger partial charge in [0.25, 0.3) is 0 Å². The van der Waals surface area contributed by atoms with Gasteiger partial charge in [0.05, 0.1) is 0 Å². The molecule has 22 heavy (non-hydrogen) atoms. The second-order valence-electron chi connectivity index (χ2n) is 5.16. The number of benzene rings is 3. The fourth-order valence-corrected chi connectivity index (χ4v) is 3.17. The lowest BCUT2D eigenvalue weighted by molar-refractivity contribution is 0.220. The number of thioether (sulfide) groups is 1. The van der Waals surface area contributed by atoms with E-state index in [0.717, 1.165) is 16.9 Å². The number of hydrogen-bond acceptors (Lipinski definition) is 2. The molecule has 110 valence electrons. The number of aliphatic hydroxyl groups excluding tert-OH is 1. The third-order valence-electron chi connectivity index (χ3n) is 3.56. The Morgan fingerprint density at radius 1 is 0.682 bits per heavy atom. The van der Waals surface area contributed by atoms with E-state index in [1.165, 1.54) is 10.5 Å². The van der Waals surface area contributed by atoms with Crippen LogP contribution in [0.3, 0.4) is 0 Å². The molecule has 0 aliphatic rings. The van der Waals surface area contributed by atoms with Crippen LogP contribution in [0.15, 0.2) is 89.8 Å². The average molecular weight is 306 g/mol.